The van der Waals surface area contributed by atoms with Crippen LogP contribution in [0.1, 0.15) is 53.2 Å². The summed E-state index contributed by atoms with van der Waals surface area (Å²) in [5.74, 6) is 0.585. The van der Waals surface area contributed by atoms with Gasteiger partial charge in [0.15, 0.2) is 5.78 Å². The van der Waals surface area contributed by atoms with Crippen molar-refractivity contribution < 1.29 is 22.4 Å². The number of ketones is 1. The molecule has 218 valence electrons. The van der Waals surface area contributed by atoms with Gasteiger partial charge < -0.3 is 9.15 Å². The zero-order chi connectivity index (χ0) is 29.9. The second kappa shape index (κ2) is 12.3. The van der Waals surface area contributed by atoms with E-state index in [1.165, 1.54) is 8.87 Å². The van der Waals surface area contributed by atoms with Crippen molar-refractivity contribution >= 4 is 38.8 Å². The summed E-state index contributed by atoms with van der Waals surface area (Å²) in [6.45, 7) is 10.5. The number of nitriles is 1. The molecule has 1 unspecified atom stereocenters. The monoisotopic (exact) mass is 597 g/mol. The number of ether oxygens (including phenoxy) is 1. The first-order valence-corrected chi connectivity index (χ1v) is 15.9. The van der Waals surface area contributed by atoms with E-state index >= 15 is 0 Å². The molecule has 0 bridgehead atoms. The Bertz CT molecular complexity index is 1740. The van der Waals surface area contributed by atoms with Crippen molar-refractivity contribution in [2.75, 3.05) is 19.7 Å². The number of furan rings is 1. The van der Waals surface area contributed by atoms with E-state index in [4.69, 9.17) is 9.15 Å². The molecule has 1 atom stereocenters. The lowest BCUT2D eigenvalue weighted by atomic mass is 9.87. The summed E-state index contributed by atoms with van der Waals surface area (Å²) in [4.78, 5) is 26.9. The van der Waals surface area contributed by atoms with E-state index in [-0.39, 0.29) is 34.5 Å². The molecule has 1 aliphatic heterocycles. The van der Waals surface area contributed by atoms with E-state index in [0.717, 1.165) is 24.2 Å². The second-order valence-corrected chi connectivity index (χ2v) is 13.8. The first kappa shape index (κ1) is 30.7. The van der Waals surface area contributed by atoms with Crippen LogP contribution in [0.25, 0.3) is 23.0 Å². The number of carbonyl (C=O) groups excluding carboxylic acids is 1. The Morgan fingerprint density at radius 3 is 2.41 bits per heavy atom. The van der Waals surface area contributed by atoms with E-state index in [2.05, 4.69) is 0 Å². The van der Waals surface area contributed by atoms with Crippen LogP contribution in [-0.4, -0.2) is 48.9 Å². The Hall–Kier alpha value is -3.30. The number of sulfonamides is 1. The minimum Gasteiger partial charge on any atom is -0.457 e. The van der Waals surface area contributed by atoms with Gasteiger partial charge in [-0.3, -0.25) is 14.2 Å². The molecule has 1 aliphatic rings. The Morgan fingerprint density at radius 2 is 1.85 bits per heavy atom. The van der Waals surface area contributed by atoms with Crippen LogP contribution < -0.4 is 14.8 Å². The van der Waals surface area contributed by atoms with Crippen LogP contribution >= 0.6 is 11.3 Å². The Balaban J connectivity index is 1.75. The van der Waals surface area contributed by atoms with Crippen LogP contribution in [0.15, 0.2) is 50.5 Å². The molecule has 1 saturated heterocycles. The molecule has 3 heterocycles. The largest absolute Gasteiger partial charge is 0.457 e. The van der Waals surface area contributed by atoms with Crippen molar-refractivity contribution in [2.45, 2.75) is 65.0 Å². The zero-order valence-corrected chi connectivity index (χ0v) is 25.6. The highest BCUT2D eigenvalue weighted by Crippen LogP contribution is 2.25. The van der Waals surface area contributed by atoms with Gasteiger partial charge in [-0.2, -0.15) is 9.57 Å². The molecular weight excluding hydrogens is 562 g/mol. The van der Waals surface area contributed by atoms with E-state index < -0.39 is 15.4 Å². The number of hydrogen-bond donors (Lipinski definition) is 0. The van der Waals surface area contributed by atoms with Crippen LogP contribution in [0.2, 0.25) is 0 Å². The van der Waals surface area contributed by atoms with Crippen molar-refractivity contribution in [3.8, 4) is 17.4 Å². The average molecular weight is 598 g/mol. The molecule has 2 aromatic heterocycles. The van der Waals surface area contributed by atoms with Gasteiger partial charge >= 0.3 is 0 Å². The molecule has 0 spiro atoms. The molecule has 0 radical (unpaired) electrons. The van der Waals surface area contributed by atoms with Crippen molar-refractivity contribution in [2.24, 2.45) is 5.41 Å². The molecular formula is C30H35N3O6S2. The Labute approximate surface area is 244 Å². The fourth-order valence-corrected chi connectivity index (χ4v) is 7.20. The standard InChI is InChI=1S/C30H35N3O6S2/c1-6-32(7-2)41(36,37)23-13-10-20(11-14-23)25-15-12-21(39-25)17-26-28(35)33(19-22-9-8-16-38-22)29(40-26)24(18-31)27(34)30(3,4)5/h10-15,17,22H,6-9,16,19H2,1-5H3/b26-17+,29-24+. The highest BCUT2D eigenvalue weighted by atomic mass is 32.2. The minimum absolute atomic E-state index is 0.0443. The number of hydrogen-bond acceptors (Lipinski definition) is 8. The molecule has 1 fully saturated rings. The van der Waals surface area contributed by atoms with Crippen LogP contribution in [-0.2, 0) is 26.1 Å². The SMILES string of the molecule is CCN(CC)S(=O)(=O)c1ccc(-c2ccc(/C=c3/s/c(=C(\C#N)C(=O)C(C)(C)C)n(CC4CCCO4)c3=O)o2)cc1. The van der Waals surface area contributed by atoms with Gasteiger partial charge in [0.2, 0.25) is 10.0 Å². The molecule has 11 heteroatoms. The van der Waals surface area contributed by atoms with Gasteiger partial charge in [0.05, 0.1) is 22.1 Å². The molecule has 9 nitrogen and oxygen atoms in total. The summed E-state index contributed by atoms with van der Waals surface area (Å²) in [5, 5.41) is 9.93. The van der Waals surface area contributed by atoms with Gasteiger partial charge in [-0.1, -0.05) is 34.6 Å². The van der Waals surface area contributed by atoms with Gasteiger partial charge in [0, 0.05) is 36.8 Å². The van der Waals surface area contributed by atoms with Gasteiger partial charge in [0.1, 0.15) is 27.8 Å². The van der Waals surface area contributed by atoms with Gasteiger partial charge in [-0.05, 0) is 49.2 Å². The molecule has 4 rings (SSSR count). The fraction of sp³-hybridized carbons (Fsp3) is 0.433. The molecule has 0 amide bonds. The van der Waals surface area contributed by atoms with E-state index in [0.29, 0.717) is 46.0 Å². The lowest BCUT2D eigenvalue weighted by Crippen LogP contribution is -2.37. The number of aromatic nitrogens is 1. The van der Waals surface area contributed by atoms with Crippen LogP contribution in [0.4, 0.5) is 0 Å². The van der Waals surface area contributed by atoms with Crippen LogP contribution in [0.5, 0.6) is 0 Å². The third kappa shape index (κ3) is 6.46. The minimum atomic E-state index is -3.57. The predicted octanol–water partition coefficient (Wildman–Crippen LogP) is 3.50. The number of carbonyl (C=O) groups is 1. The lowest BCUT2D eigenvalue weighted by molar-refractivity contribution is -0.120. The third-order valence-corrected chi connectivity index (χ3v) is 10.1. The van der Waals surface area contributed by atoms with Crippen molar-refractivity contribution in [1.29, 1.82) is 5.26 Å². The lowest BCUT2D eigenvalue weighted by Gasteiger charge is -2.18. The van der Waals surface area contributed by atoms with Gasteiger partial charge in [-0.15, -0.1) is 11.3 Å². The summed E-state index contributed by atoms with van der Waals surface area (Å²) >= 11 is 1.09. The first-order valence-electron chi connectivity index (χ1n) is 13.6. The third-order valence-electron chi connectivity index (χ3n) is 6.93. The van der Waals surface area contributed by atoms with Crippen molar-refractivity contribution in [1.82, 2.24) is 8.87 Å². The second-order valence-electron chi connectivity index (χ2n) is 10.8. The summed E-state index contributed by atoms with van der Waals surface area (Å²) in [5.41, 5.74) is -0.475. The predicted molar refractivity (Wildman–Crippen MR) is 158 cm³/mol. The quantitative estimate of drug-likeness (QED) is 0.370. The zero-order valence-electron chi connectivity index (χ0n) is 24.0. The average Bonchev–Trinajstić information content (AvgIpc) is 3.68. The number of rotatable bonds is 9. The number of benzene rings is 1. The van der Waals surface area contributed by atoms with Crippen molar-refractivity contribution in [3.05, 3.63) is 61.7 Å². The first-order chi connectivity index (χ1) is 19.4. The maximum Gasteiger partial charge on any atom is 0.269 e. The normalized spacial score (nSPS) is 17.2. The van der Waals surface area contributed by atoms with Crippen LogP contribution in [0, 0.1) is 16.7 Å². The fourth-order valence-electron chi connectivity index (χ4n) is 4.65. The van der Waals surface area contributed by atoms with Gasteiger partial charge in [0.25, 0.3) is 5.56 Å². The summed E-state index contributed by atoms with van der Waals surface area (Å²) in [7, 11) is -3.57. The molecule has 0 N–H and O–H groups in total. The summed E-state index contributed by atoms with van der Waals surface area (Å²) < 4.78 is 40.9. The van der Waals surface area contributed by atoms with Gasteiger partial charge in [-0.25, -0.2) is 8.42 Å². The summed E-state index contributed by atoms with van der Waals surface area (Å²) in [6.07, 6.45) is 3.13. The number of thiazole rings is 1. The molecule has 1 aromatic carbocycles. The molecule has 0 aliphatic carbocycles. The molecule has 3 aromatic rings. The number of nitrogens with zero attached hydrogens (tertiary/aromatic N) is 3. The topological polar surface area (TPSA) is 123 Å². The van der Waals surface area contributed by atoms with E-state index in [1.54, 1.807) is 77.1 Å². The maximum absolute atomic E-state index is 13.5. The maximum atomic E-state index is 13.5. The molecule has 0 saturated carbocycles. The number of Topliss-reactive ketones (excluding diaryl/α,β-unsaturated/α-hetero) is 1. The molecule has 41 heavy (non-hydrogen) atoms. The van der Waals surface area contributed by atoms with Crippen molar-refractivity contribution in [3.63, 3.8) is 0 Å². The summed E-state index contributed by atoms with van der Waals surface area (Å²) in [6, 6.07) is 12.0. The van der Waals surface area contributed by atoms with E-state index in [1.807, 2.05) is 6.07 Å². The highest BCUT2D eigenvalue weighted by molar-refractivity contribution is 7.89. The Kier molecular flexibility index (Phi) is 9.19. The smallest absolute Gasteiger partial charge is 0.269 e. The Morgan fingerprint density at radius 1 is 1.17 bits per heavy atom. The van der Waals surface area contributed by atoms with E-state index in [9.17, 15) is 23.3 Å². The highest BCUT2D eigenvalue weighted by Gasteiger charge is 2.28. The van der Waals surface area contributed by atoms with Crippen LogP contribution in [0.3, 0.4) is 0 Å².